The number of carbonyl (C=O) groups is 1. The van der Waals surface area contributed by atoms with Gasteiger partial charge < -0.3 is 9.64 Å². The number of fused-ring (bicyclic) bond motifs is 1. The SMILES string of the molecule is CCN(CC)c1ccc(C=Nc2sc3c(c2C(=O)OC)CCCC3)cc1. The normalized spacial score (nSPS) is 13.7. The lowest BCUT2D eigenvalue weighted by molar-refractivity contribution is 0.0601. The molecule has 0 atom stereocenters. The van der Waals surface area contributed by atoms with E-state index in [0.29, 0.717) is 5.56 Å². The molecule has 0 N–H and O–H groups in total. The van der Waals surface area contributed by atoms with Gasteiger partial charge in [0.25, 0.3) is 0 Å². The molecule has 1 aromatic heterocycles. The van der Waals surface area contributed by atoms with Crippen molar-refractivity contribution in [2.75, 3.05) is 25.1 Å². The van der Waals surface area contributed by atoms with E-state index in [1.807, 2.05) is 6.21 Å². The van der Waals surface area contributed by atoms with Crippen LogP contribution in [0, 0.1) is 0 Å². The minimum Gasteiger partial charge on any atom is -0.465 e. The van der Waals surface area contributed by atoms with Gasteiger partial charge in [-0.25, -0.2) is 9.79 Å². The highest BCUT2D eigenvalue weighted by Gasteiger charge is 2.25. The van der Waals surface area contributed by atoms with Crippen LogP contribution in [-0.2, 0) is 17.6 Å². The molecule has 1 aliphatic rings. The number of ether oxygens (including phenoxy) is 1. The first kappa shape index (κ1) is 18.6. The van der Waals surface area contributed by atoms with Crippen LogP contribution in [0.4, 0.5) is 10.7 Å². The summed E-state index contributed by atoms with van der Waals surface area (Å²) in [4.78, 5) is 20.5. The van der Waals surface area contributed by atoms with E-state index in [1.54, 1.807) is 11.3 Å². The average Bonchev–Trinajstić information content (AvgIpc) is 3.06. The Balaban J connectivity index is 1.86. The van der Waals surface area contributed by atoms with Crippen molar-refractivity contribution in [3.05, 3.63) is 45.8 Å². The van der Waals surface area contributed by atoms with Crippen LogP contribution in [0.3, 0.4) is 0 Å². The van der Waals surface area contributed by atoms with E-state index < -0.39 is 0 Å². The molecule has 0 saturated carbocycles. The van der Waals surface area contributed by atoms with Gasteiger partial charge in [0.15, 0.2) is 0 Å². The maximum absolute atomic E-state index is 12.3. The highest BCUT2D eigenvalue weighted by molar-refractivity contribution is 7.16. The number of rotatable bonds is 6. The number of hydrogen-bond acceptors (Lipinski definition) is 5. The van der Waals surface area contributed by atoms with Gasteiger partial charge in [-0.3, -0.25) is 0 Å². The number of aliphatic imine (C=N–C) groups is 1. The molecule has 0 aliphatic heterocycles. The Hall–Kier alpha value is -2.14. The van der Waals surface area contributed by atoms with E-state index in [1.165, 1.54) is 24.1 Å². The molecule has 0 saturated heterocycles. The van der Waals surface area contributed by atoms with Crippen LogP contribution in [0.15, 0.2) is 29.3 Å². The molecule has 3 rings (SSSR count). The summed E-state index contributed by atoms with van der Waals surface area (Å²) in [6.45, 7) is 6.30. The van der Waals surface area contributed by atoms with Crippen molar-refractivity contribution in [2.24, 2.45) is 4.99 Å². The maximum atomic E-state index is 12.3. The van der Waals surface area contributed by atoms with Crippen molar-refractivity contribution in [3.63, 3.8) is 0 Å². The molecule has 0 spiro atoms. The van der Waals surface area contributed by atoms with E-state index in [-0.39, 0.29) is 5.97 Å². The number of anilines is 1. The fourth-order valence-electron chi connectivity index (χ4n) is 3.45. The Kier molecular flexibility index (Phi) is 6.09. The third-order valence-electron chi connectivity index (χ3n) is 4.89. The Morgan fingerprint density at radius 1 is 1.19 bits per heavy atom. The predicted molar refractivity (Wildman–Crippen MR) is 110 cm³/mol. The molecule has 1 aliphatic carbocycles. The topological polar surface area (TPSA) is 41.9 Å². The van der Waals surface area contributed by atoms with Crippen LogP contribution >= 0.6 is 11.3 Å². The highest BCUT2D eigenvalue weighted by atomic mass is 32.1. The number of hydrogen-bond donors (Lipinski definition) is 0. The zero-order valence-electron chi connectivity index (χ0n) is 15.7. The van der Waals surface area contributed by atoms with Gasteiger partial charge in [0, 0.05) is 29.9 Å². The number of nitrogens with zero attached hydrogens (tertiary/aromatic N) is 2. The van der Waals surface area contributed by atoms with Gasteiger partial charge in [0.1, 0.15) is 5.00 Å². The molecule has 0 radical (unpaired) electrons. The van der Waals surface area contributed by atoms with Crippen LogP contribution in [0.5, 0.6) is 0 Å². The van der Waals surface area contributed by atoms with E-state index in [9.17, 15) is 4.79 Å². The van der Waals surface area contributed by atoms with Crippen molar-refractivity contribution in [1.82, 2.24) is 0 Å². The Morgan fingerprint density at radius 3 is 2.54 bits per heavy atom. The summed E-state index contributed by atoms with van der Waals surface area (Å²) in [6, 6.07) is 8.38. The van der Waals surface area contributed by atoms with Gasteiger partial charge in [-0.15, -0.1) is 11.3 Å². The summed E-state index contributed by atoms with van der Waals surface area (Å²) in [5, 5.41) is 0.775. The quantitative estimate of drug-likeness (QED) is 0.530. The van der Waals surface area contributed by atoms with Crippen LogP contribution in [0.1, 0.15) is 53.1 Å². The fourth-order valence-corrected chi connectivity index (χ4v) is 4.67. The third kappa shape index (κ3) is 3.83. The number of methoxy groups -OCH3 is 1. The van der Waals surface area contributed by atoms with E-state index in [2.05, 4.69) is 48.0 Å². The summed E-state index contributed by atoms with van der Waals surface area (Å²) in [7, 11) is 1.44. The molecule has 1 aromatic carbocycles. The van der Waals surface area contributed by atoms with E-state index >= 15 is 0 Å². The van der Waals surface area contributed by atoms with E-state index in [0.717, 1.165) is 48.5 Å². The van der Waals surface area contributed by atoms with Crippen molar-refractivity contribution in [1.29, 1.82) is 0 Å². The summed E-state index contributed by atoms with van der Waals surface area (Å²) in [6.07, 6.45) is 6.14. The number of benzene rings is 1. The number of thiophene rings is 1. The van der Waals surface area contributed by atoms with Crippen LogP contribution in [0.25, 0.3) is 0 Å². The second-order valence-corrected chi connectivity index (χ2v) is 7.49. The smallest absolute Gasteiger partial charge is 0.341 e. The standard InChI is InChI=1S/C21H26N2O2S/c1-4-23(5-2)16-12-10-15(11-13-16)14-22-20-19(21(24)25-3)17-8-6-7-9-18(17)26-20/h10-14H,4-9H2,1-3H3. The molecule has 5 heteroatoms. The minimum atomic E-state index is -0.270. The minimum absolute atomic E-state index is 0.270. The zero-order valence-corrected chi connectivity index (χ0v) is 16.6. The van der Waals surface area contributed by atoms with Crippen LogP contribution in [-0.4, -0.2) is 32.4 Å². The van der Waals surface area contributed by atoms with Gasteiger partial charge in [0.05, 0.1) is 12.7 Å². The van der Waals surface area contributed by atoms with Gasteiger partial charge in [0.2, 0.25) is 0 Å². The molecule has 0 bridgehead atoms. The largest absolute Gasteiger partial charge is 0.465 e. The van der Waals surface area contributed by atoms with E-state index in [4.69, 9.17) is 4.74 Å². The Labute approximate surface area is 159 Å². The van der Waals surface area contributed by atoms with Crippen molar-refractivity contribution >= 4 is 34.2 Å². The molecule has 138 valence electrons. The second-order valence-electron chi connectivity index (χ2n) is 6.40. The van der Waals surface area contributed by atoms with Gasteiger partial charge in [-0.1, -0.05) is 12.1 Å². The second kappa shape index (κ2) is 8.49. The highest BCUT2D eigenvalue weighted by Crippen LogP contribution is 2.40. The number of carbonyl (C=O) groups excluding carboxylic acids is 1. The third-order valence-corrected chi connectivity index (χ3v) is 6.09. The molecule has 26 heavy (non-hydrogen) atoms. The molecular weight excluding hydrogens is 344 g/mol. The Bertz CT molecular complexity index is 789. The molecule has 0 unspecified atom stereocenters. The van der Waals surface area contributed by atoms with Crippen LogP contribution < -0.4 is 4.90 Å². The number of esters is 1. The summed E-state index contributed by atoms with van der Waals surface area (Å²) < 4.78 is 5.01. The molecular formula is C21H26N2O2S. The Morgan fingerprint density at radius 2 is 1.88 bits per heavy atom. The zero-order chi connectivity index (χ0) is 18.5. The van der Waals surface area contributed by atoms with Gasteiger partial charge >= 0.3 is 5.97 Å². The number of aryl methyl sites for hydroxylation is 1. The predicted octanol–water partition coefficient (Wildman–Crippen LogP) is 5.01. The monoisotopic (exact) mass is 370 g/mol. The van der Waals surface area contributed by atoms with Crippen molar-refractivity contribution < 1.29 is 9.53 Å². The lowest BCUT2D eigenvalue weighted by Crippen LogP contribution is -2.21. The van der Waals surface area contributed by atoms with Gasteiger partial charge in [-0.05, 0) is 62.8 Å². The summed E-state index contributed by atoms with van der Waals surface area (Å²) >= 11 is 1.63. The first-order chi connectivity index (χ1) is 12.7. The van der Waals surface area contributed by atoms with Crippen molar-refractivity contribution in [2.45, 2.75) is 39.5 Å². The van der Waals surface area contributed by atoms with Gasteiger partial charge in [-0.2, -0.15) is 0 Å². The maximum Gasteiger partial charge on any atom is 0.341 e. The molecule has 2 aromatic rings. The van der Waals surface area contributed by atoms with Crippen molar-refractivity contribution in [3.8, 4) is 0 Å². The summed E-state index contributed by atoms with van der Waals surface area (Å²) in [5.74, 6) is -0.270. The molecule has 4 nitrogen and oxygen atoms in total. The lowest BCUT2D eigenvalue weighted by atomic mass is 9.95. The first-order valence-corrected chi connectivity index (χ1v) is 10.1. The molecule has 0 amide bonds. The summed E-state index contributed by atoms with van der Waals surface area (Å²) in [5.41, 5.74) is 4.07. The molecule has 0 fully saturated rings. The molecule has 1 heterocycles. The fraction of sp³-hybridized carbons (Fsp3) is 0.429. The first-order valence-electron chi connectivity index (χ1n) is 9.29. The van der Waals surface area contributed by atoms with Crippen LogP contribution in [0.2, 0.25) is 0 Å². The lowest BCUT2D eigenvalue weighted by Gasteiger charge is -2.20. The average molecular weight is 371 g/mol.